The lowest BCUT2D eigenvalue weighted by Gasteiger charge is -2.10. The molecule has 1 unspecified atom stereocenters. The number of carbonyl (C=O) groups is 1. The lowest BCUT2D eigenvalue weighted by atomic mass is 9.96. The van der Waals surface area contributed by atoms with Crippen LogP contribution in [0.25, 0.3) is 0 Å². The Kier molecular flexibility index (Phi) is 4.82. The van der Waals surface area contributed by atoms with Gasteiger partial charge in [-0.1, -0.05) is 35.0 Å². The van der Waals surface area contributed by atoms with Crippen LogP contribution in [0.1, 0.15) is 31.2 Å². The third kappa shape index (κ3) is 4.04. The van der Waals surface area contributed by atoms with Crippen LogP contribution in [0.5, 0.6) is 0 Å². The average Bonchev–Trinajstić information content (AvgIpc) is 2.26. The Labute approximate surface area is 98.8 Å². The molecule has 0 saturated heterocycles. The SMILES string of the molecule is COC(=O)CCC(C)c1ccc(Br)cc1. The van der Waals surface area contributed by atoms with Crippen LogP contribution in [0.15, 0.2) is 28.7 Å². The lowest BCUT2D eigenvalue weighted by Crippen LogP contribution is -2.03. The second-order valence-corrected chi connectivity index (χ2v) is 4.48. The molecule has 0 aliphatic heterocycles. The van der Waals surface area contributed by atoms with E-state index >= 15 is 0 Å². The molecule has 0 N–H and O–H groups in total. The highest BCUT2D eigenvalue weighted by molar-refractivity contribution is 9.10. The molecule has 0 aliphatic carbocycles. The summed E-state index contributed by atoms with van der Waals surface area (Å²) in [4.78, 5) is 11.0. The van der Waals surface area contributed by atoms with Crippen molar-refractivity contribution in [1.29, 1.82) is 0 Å². The summed E-state index contributed by atoms with van der Waals surface area (Å²) in [5.74, 6) is 0.246. The van der Waals surface area contributed by atoms with Gasteiger partial charge in [-0.15, -0.1) is 0 Å². The fraction of sp³-hybridized carbons (Fsp3) is 0.417. The van der Waals surface area contributed by atoms with E-state index in [1.165, 1.54) is 12.7 Å². The van der Waals surface area contributed by atoms with Crippen LogP contribution >= 0.6 is 15.9 Å². The minimum Gasteiger partial charge on any atom is -0.469 e. The highest BCUT2D eigenvalue weighted by Gasteiger charge is 2.08. The Morgan fingerprint density at radius 3 is 2.53 bits per heavy atom. The molecule has 0 saturated carbocycles. The Balaban J connectivity index is 2.50. The second kappa shape index (κ2) is 5.91. The maximum absolute atomic E-state index is 11.0. The van der Waals surface area contributed by atoms with Gasteiger partial charge in [0.25, 0.3) is 0 Å². The van der Waals surface area contributed by atoms with Gasteiger partial charge in [0.15, 0.2) is 0 Å². The topological polar surface area (TPSA) is 26.3 Å². The van der Waals surface area contributed by atoms with Gasteiger partial charge in [0.1, 0.15) is 0 Å². The van der Waals surface area contributed by atoms with E-state index in [9.17, 15) is 4.79 Å². The largest absolute Gasteiger partial charge is 0.469 e. The molecule has 0 heterocycles. The maximum Gasteiger partial charge on any atom is 0.305 e. The van der Waals surface area contributed by atoms with Crippen molar-refractivity contribution in [2.75, 3.05) is 7.11 Å². The Hall–Kier alpha value is -0.830. The molecule has 0 aliphatic rings. The molecule has 82 valence electrons. The van der Waals surface area contributed by atoms with Gasteiger partial charge in [-0.05, 0) is 30.0 Å². The summed E-state index contributed by atoms with van der Waals surface area (Å²) in [6.07, 6.45) is 1.31. The second-order valence-electron chi connectivity index (χ2n) is 3.57. The van der Waals surface area contributed by atoms with Crippen molar-refractivity contribution in [3.63, 3.8) is 0 Å². The first-order chi connectivity index (χ1) is 7.13. The van der Waals surface area contributed by atoms with E-state index in [0.29, 0.717) is 12.3 Å². The van der Waals surface area contributed by atoms with E-state index in [0.717, 1.165) is 10.9 Å². The first kappa shape index (κ1) is 12.2. The standard InChI is InChI=1S/C12H15BrO2/c1-9(3-8-12(14)15-2)10-4-6-11(13)7-5-10/h4-7,9H,3,8H2,1-2H3. The number of halogens is 1. The third-order valence-electron chi connectivity index (χ3n) is 2.45. The third-order valence-corrected chi connectivity index (χ3v) is 2.98. The molecule has 0 aromatic heterocycles. The van der Waals surface area contributed by atoms with Gasteiger partial charge >= 0.3 is 5.97 Å². The van der Waals surface area contributed by atoms with Crippen LogP contribution in [0, 0.1) is 0 Å². The summed E-state index contributed by atoms with van der Waals surface area (Å²) < 4.78 is 5.68. The van der Waals surface area contributed by atoms with E-state index in [4.69, 9.17) is 0 Å². The van der Waals surface area contributed by atoms with Crippen molar-refractivity contribution in [3.05, 3.63) is 34.3 Å². The van der Waals surface area contributed by atoms with Crippen molar-refractivity contribution in [3.8, 4) is 0 Å². The lowest BCUT2D eigenvalue weighted by molar-refractivity contribution is -0.140. The monoisotopic (exact) mass is 270 g/mol. The maximum atomic E-state index is 11.0. The van der Waals surface area contributed by atoms with E-state index in [1.807, 2.05) is 12.1 Å². The minimum absolute atomic E-state index is 0.140. The van der Waals surface area contributed by atoms with Crippen LogP contribution in [-0.4, -0.2) is 13.1 Å². The first-order valence-electron chi connectivity index (χ1n) is 4.95. The van der Waals surface area contributed by atoms with Crippen molar-refractivity contribution in [2.45, 2.75) is 25.7 Å². The number of methoxy groups -OCH3 is 1. The molecule has 1 aromatic rings. The highest BCUT2D eigenvalue weighted by atomic mass is 79.9. The van der Waals surface area contributed by atoms with E-state index < -0.39 is 0 Å². The summed E-state index contributed by atoms with van der Waals surface area (Å²) >= 11 is 3.39. The van der Waals surface area contributed by atoms with Crippen LogP contribution < -0.4 is 0 Å². The zero-order valence-corrected chi connectivity index (χ0v) is 10.6. The van der Waals surface area contributed by atoms with Crippen molar-refractivity contribution < 1.29 is 9.53 Å². The van der Waals surface area contributed by atoms with Gasteiger partial charge in [-0.3, -0.25) is 4.79 Å². The minimum atomic E-state index is -0.140. The number of esters is 1. The normalized spacial score (nSPS) is 12.2. The molecule has 0 bridgehead atoms. The zero-order chi connectivity index (χ0) is 11.3. The van der Waals surface area contributed by atoms with Gasteiger partial charge in [0.2, 0.25) is 0 Å². The summed E-state index contributed by atoms with van der Waals surface area (Å²) in [6, 6.07) is 8.19. The van der Waals surface area contributed by atoms with E-state index in [-0.39, 0.29) is 5.97 Å². The van der Waals surface area contributed by atoms with Gasteiger partial charge in [-0.2, -0.15) is 0 Å². The van der Waals surface area contributed by atoms with Crippen LogP contribution in [0.2, 0.25) is 0 Å². The zero-order valence-electron chi connectivity index (χ0n) is 9.00. The van der Waals surface area contributed by atoms with Crippen molar-refractivity contribution >= 4 is 21.9 Å². The molecular formula is C12H15BrO2. The van der Waals surface area contributed by atoms with Crippen molar-refractivity contribution in [2.24, 2.45) is 0 Å². The molecular weight excluding hydrogens is 256 g/mol. The first-order valence-corrected chi connectivity index (χ1v) is 5.75. The van der Waals surface area contributed by atoms with Crippen LogP contribution in [0.4, 0.5) is 0 Å². The molecule has 1 rings (SSSR count). The number of hydrogen-bond acceptors (Lipinski definition) is 2. The molecule has 0 spiro atoms. The fourth-order valence-electron chi connectivity index (χ4n) is 1.39. The molecule has 15 heavy (non-hydrogen) atoms. The molecule has 0 radical (unpaired) electrons. The number of ether oxygens (including phenoxy) is 1. The molecule has 0 fully saturated rings. The highest BCUT2D eigenvalue weighted by Crippen LogP contribution is 2.22. The molecule has 2 nitrogen and oxygen atoms in total. The summed E-state index contributed by atoms with van der Waals surface area (Å²) in [6.45, 7) is 2.12. The van der Waals surface area contributed by atoms with Gasteiger partial charge < -0.3 is 4.74 Å². The molecule has 1 atom stereocenters. The number of rotatable bonds is 4. The summed E-state index contributed by atoms with van der Waals surface area (Å²) in [7, 11) is 1.42. The fourth-order valence-corrected chi connectivity index (χ4v) is 1.66. The van der Waals surface area contributed by atoms with E-state index in [2.05, 4.69) is 39.7 Å². The van der Waals surface area contributed by atoms with Gasteiger partial charge in [-0.25, -0.2) is 0 Å². The number of hydrogen-bond donors (Lipinski definition) is 0. The molecule has 0 amide bonds. The Bertz CT molecular complexity index is 319. The number of benzene rings is 1. The molecule has 3 heteroatoms. The average molecular weight is 271 g/mol. The van der Waals surface area contributed by atoms with Gasteiger partial charge in [0, 0.05) is 10.9 Å². The van der Waals surface area contributed by atoms with Crippen LogP contribution in [-0.2, 0) is 9.53 Å². The van der Waals surface area contributed by atoms with Crippen molar-refractivity contribution in [1.82, 2.24) is 0 Å². The van der Waals surface area contributed by atoms with E-state index in [1.54, 1.807) is 0 Å². The summed E-state index contributed by atoms with van der Waals surface area (Å²) in [5.41, 5.74) is 1.25. The predicted molar refractivity (Wildman–Crippen MR) is 63.8 cm³/mol. The Morgan fingerprint density at radius 2 is 2.00 bits per heavy atom. The smallest absolute Gasteiger partial charge is 0.305 e. The Morgan fingerprint density at radius 1 is 1.40 bits per heavy atom. The number of carbonyl (C=O) groups excluding carboxylic acids is 1. The molecule has 1 aromatic carbocycles. The predicted octanol–water partition coefficient (Wildman–Crippen LogP) is 3.51. The quantitative estimate of drug-likeness (QED) is 0.783. The van der Waals surface area contributed by atoms with Gasteiger partial charge in [0.05, 0.1) is 7.11 Å². The van der Waals surface area contributed by atoms with Crippen LogP contribution in [0.3, 0.4) is 0 Å². The summed E-state index contributed by atoms with van der Waals surface area (Å²) in [5, 5.41) is 0.